The fourth-order valence-corrected chi connectivity index (χ4v) is 3.74. The van der Waals surface area contributed by atoms with E-state index in [0.717, 1.165) is 6.07 Å². The molecule has 0 saturated heterocycles. The van der Waals surface area contributed by atoms with Crippen molar-refractivity contribution in [2.45, 2.75) is 57.0 Å². The second kappa shape index (κ2) is 9.81. The van der Waals surface area contributed by atoms with Crippen LogP contribution in [0.4, 0.5) is 30.7 Å². The minimum atomic E-state index is -4.90. The van der Waals surface area contributed by atoms with Crippen LogP contribution >= 0.6 is 0 Å². The van der Waals surface area contributed by atoms with Crippen molar-refractivity contribution in [3.63, 3.8) is 0 Å². The van der Waals surface area contributed by atoms with Crippen LogP contribution in [0.1, 0.15) is 38.4 Å². The highest BCUT2D eigenvalue weighted by Gasteiger charge is 2.56. The highest BCUT2D eigenvalue weighted by atomic mass is 19.4. The summed E-state index contributed by atoms with van der Waals surface area (Å²) in [6.07, 6.45) is -7.22. The van der Waals surface area contributed by atoms with E-state index in [2.05, 4.69) is 9.97 Å². The van der Waals surface area contributed by atoms with Crippen molar-refractivity contribution in [3.8, 4) is 5.75 Å². The quantitative estimate of drug-likeness (QED) is 0.386. The smallest absolute Gasteiger partial charge is 0.417 e. The number of nitrogens with one attached hydrogen (secondary N) is 1. The molecule has 0 amide bonds. The predicted molar refractivity (Wildman–Crippen MR) is 113 cm³/mol. The summed E-state index contributed by atoms with van der Waals surface area (Å²) in [6.45, 7) is 3.24. The molecule has 2 aromatic heterocycles. The Bertz CT molecular complexity index is 1070. The molecular formula is C23H25F7N2O2. The van der Waals surface area contributed by atoms with Gasteiger partial charge in [0.15, 0.2) is 5.60 Å². The first kappa shape index (κ1) is 27.4. The number of aromatic nitrogens is 2. The number of alkyl halides is 6. The zero-order valence-corrected chi connectivity index (χ0v) is 18.9. The van der Waals surface area contributed by atoms with Crippen molar-refractivity contribution in [2.75, 3.05) is 7.11 Å². The molecule has 1 unspecified atom stereocenters. The third-order valence-corrected chi connectivity index (χ3v) is 5.12. The molecule has 0 saturated carbocycles. The molecule has 3 rings (SSSR count). The van der Waals surface area contributed by atoms with Gasteiger partial charge < -0.3 is 14.8 Å². The molecule has 0 fully saturated rings. The van der Waals surface area contributed by atoms with Gasteiger partial charge in [-0.1, -0.05) is 13.8 Å². The van der Waals surface area contributed by atoms with E-state index < -0.39 is 42.0 Å². The van der Waals surface area contributed by atoms with Gasteiger partial charge in [-0.15, -0.1) is 0 Å². The second-order valence-electron chi connectivity index (χ2n) is 8.65. The number of hydrogen-bond acceptors (Lipinski definition) is 3. The average molecular weight is 494 g/mol. The summed E-state index contributed by atoms with van der Waals surface area (Å²) < 4.78 is 92.0. The van der Waals surface area contributed by atoms with Crippen molar-refractivity contribution in [2.24, 2.45) is 0 Å². The highest BCUT2D eigenvalue weighted by molar-refractivity contribution is 5.79. The van der Waals surface area contributed by atoms with Crippen LogP contribution in [0.15, 0.2) is 42.7 Å². The number of halogens is 7. The summed E-state index contributed by atoms with van der Waals surface area (Å²) in [4.78, 5) is 6.81. The molecule has 2 heterocycles. The number of methoxy groups -OCH3 is 1. The zero-order valence-electron chi connectivity index (χ0n) is 18.9. The van der Waals surface area contributed by atoms with Crippen LogP contribution in [-0.4, -0.2) is 40.1 Å². The summed E-state index contributed by atoms with van der Waals surface area (Å²) in [7, 11) is 1.36. The van der Waals surface area contributed by atoms with Gasteiger partial charge in [-0.2, -0.15) is 26.3 Å². The van der Waals surface area contributed by atoms with Crippen LogP contribution in [0.2, 0.25) is 0 Å². The molecule has 0 aliphatic rings. The SMILES string of the molecule is CC(F)(F)F.COc1ccc(F)cc1C(C)(C)CC(O)(Cc1cc2ccncc2[nH]1)C(F)(F)F. The van der Waals surface area contributed by atoms with Crippen LogP contribution in [0.5, 0.6) is 5.75 Å². The van der Waals surface area contributed by atoms with Crippen LogP contribution in [0.3, 0.4) is 0 Å². The van der Waals surface area contributed by atoms with E-state index in [0.29, 0.717) is 10.9 Å². The Morgan fingerprint density at radius 1 is 1.00 bits per heavy atom. The summed E-state index contributed by atoms with van der Waals surface area (Å²) in [5, 5.41) is 11.5. The summed E-state index contributed by atoms with van der Waals surface area (Å²) in [5.41, 5.74) is -3.20. The number of nitrogens with zero attached hydrogens (tertiary/aromatic N) is 1. The molecule has 0 aliphatic carbocycles. The Labute approximate surface area is 191 Å². The van der Waals surface area contributed by atoms with Crippen LogP contribution < -0.4 is 4.74 Å². The molecule has 0 spiro atoms. The number of hydrogen-bond donors (Lipinski definition) is 2. The van der Waals surface area contributed by atoms with E-state index in [4.69, 9.17) is 4.74 Å². The maximum absolute atomic E-state index is 14.0. The molecule has 2 N–H and O–H groups in total. The van der Waals surface area contributed by atoms with Gasteiger partial charge in [-0.3, -0.25) is 4.98 Å². The van der Waals surface area contributed by atoms with Crippen LogP contribution in [-0.2, 0) is 11.8 Å². The minimum Gasteiger partial charge on any atom is -0.496 e. The number of ether oxygens (including phenoxy) is 1. The Hall–Kier alpha value is -2.82. The van der Waals surface area contributed by atoms with Crippen molar-refractivity contribution < 1.29 is 40.6 Å². The molecule has 34 heavy (non-hydrogen) atoms. The van der Waals surface area contributed by atoms with E-state index >= 15 is 0 Å². The number of rotatable bonds is 6. The summed E-state index contributed by atoms with van der Waals surface area (Å²) >= 11 is 0. The van der Waals surface area contributed by atoms with Crippen molar-refractivity contribution in [1.82, 2.24) is 9.97 Å². The first-order chi connectivity index (χ1) is 15.4. The first-order valence-corrected chi connectivity index (χ1v) is 10.1. The third kappa shape index (κ3) is 7.09. The lowest BCUT2D eigenvalue weighted by atomic mass is 9.73. The maximum atomic E-state index is 14.0. The van der Waals surface area contributed by atoms with Gasteiger partial charge >= 0.3 is 12.4 Å². The maximum Gasteiger partial charge on any atom is 0.417 e. The molecule has 4 nitrogen and oxygen atoms in total. The van der Waals surface area contributed by atoms with Gasteiger partial charge in [-0.05, 0) is 42.2 Å². The fourth-order valence-electron chi connectivity index (χ4n) is 3.74. The van der Waals surface area contributed by atoms with Gasteiger partial charge in [0.05, 0.1) is 18.8 Å². The van der Waals surface area contributed by atoms with Crippen LogP contribution in [0.25, 0.3) is 10.9 Å². The fraction of sp³-hybridized carbons (Fsp3) is 0.435. The highest BCUT2D eigenvalue weighted by Crippen LogP contribution is 2.45. The standard InChI is InChI=1S/C21H22F4N2O2.C2H3F3/c1-19(2,16-9-14(22)4-5-18(16)29-3)12-20(28,21(23,24)25)10-15-8-13-6-7-26-11-17(13)27-15;1-2(3,4)5/h4-9,11,27-28H,10,12H2,1-3H3;1H3. The van der Waals surface area contributed by atoms with E-state index in [9.17, 15) is 35.8 Å². The molecule has 0 aliphatic heterocycles. The monoisotopic (exact) mass is 494 g/mol. The topological polar surface area (TPSA) is 58.1 Å². The normalized spacial score (nSPS) is 14.4. The van der Waals surface area contributed by atoms with Gasteiger partial charge in [0.2, 0.25) is 0 Å². The number of H-pyrrole nitrogens is 1. The number of fused-ring (bicyclic) bond motifs is 1. The van der Waals surface area contributed by atoms with Gasteiger partial charge in [-0.25, -0.2) is 4.39 Å². The molecule has 3 aromatic rings. The Morgan fingerprint density at radius 3 is 2.15 bits per heavy atom. The van der Waals surface area contributed by atoms with Gasteiger partial charge in [0, 0.05) is 36.2 Å². The molecule has 1 aromatic carbocycles. The van der Waals surface area contributed by atoms with E-state index in [1.54, 1.807) is 12.1 Å². The number of aromatic amines is 1. The van der Waals surface area contributed by atoms with Crippen molar-refractivity contribution in [1.29, 1.82) is 0 Å². The molecule has 0 bridgehead atoms. The Kier molecular flexibility index (Phi) is 7.91. The summed E-state index contributed by atoms with van der Waals surface area (Å²) in [5.74, 6) is -0.329. The zero-order chi connectivity index (χ0) is 25.9. The number of pyridine rings is 1. The minimum absolute atomic E-state index is 0.188. The molecule has 188 valence electrons. The lowest BCUT2D eigenvalue weighted by molar-refractivity contribution is -0.266. The van der Waals surface area contributed by atoms with E-state index in [1.807, 2.05) is 0 Å². The Balaban J connectivity index is 0.000000739. The van der Waals surface area contributed by atoms with Gasteiger partial charge in [0.25, 0.3) is 0 Å². The predicted octanol–water partition coefficient (Wildman–Crippen LogP) is 6.48. The van der Waals surface area contributed by atoms with E-state index in [1.165, 1.54) is 45.5 Å². The lowest BCUT2D eigenvalue weighted by Gasteiger charge is -2.38. The molecule has 1 atom stereocenters. The van der Waals surface area contributed by atoms with Crippen molar-refractivity contribution >= 4 is 10.9 Å². The average Bonchev–Trinajstić information content (AvgIpc) is 3.07. The van der Waals surface area contributed by atoms with Gasteiger partial charge in [0.1, 0.15) is 11.6 Å². The van der Waals surface area contributed by atoms with Crippen LogP contribution in [0, 0.1) is 5.82 Å². The molecular weight excluding hydrogens is 469 g/mol. The second-order valence-corrected chi connectivity index (χ2v) is 8.65. The molecule has 11 heteroatoms. The van der Waals surface area contributed by atoms with Crippen molar-refractivity contribution in [3.05, 3.63) is 59.8 Å². The summed E-state index contributed by atoms with van der Waals surface area (Å²) in [6, 6.07) is 6.91. The van der Waals surface area contributed by atoms with E-state index in [-0.39, 0.29) is 23.9 Å². The Morgan fingerprint density at radius 2 is 1.62 bits per heavy atom. The number of benzene rings is 1. The molecule has 0 radical (unpaired) electrons. The lowest BCUT2D eigenvalue weighted by Crippen LogP contribution is -2.51. The largest absolute Gasteiger partial charge is 0.496 e. The first-order valence-electron chi connectivity index (χ1n) is 10.1. The number of aliphatic hydroxyl groups is 1. The third-order valence-electron chi connectivity index (χ3n) is 5.12.